The van der Waals surface area contributed by atoms with Gasteiger partial charge in [-0.2, -0.15) is 0 Å². The van der Waals surface area contributed by atoms with Gasteiger partial charge in [-0.1, -0.05) is 0 Å². The van der Waals surface area contributed by atoms with Crippen molar-refractivity contribution in [1.29, 1.82) is 0 Å². The zero-order chi connectivity index (χ0) is 20.2. The Kier molecular flexibility index (Phi) is 5.57. The van der Waals surface area contributed by atoms with E-state index in [0.29, 0.717) is 24.6 Å². The molecule has 29 heavy (non-hydrogen) atoms. The first kappa shape index (κ1) is 19.1. The van der Waals surface area contributed by atoms with E-state index >= 15 is 0 Å². The zero-order valence-corrected chi connectivity index (χ0v) is 16.0. The van der Waals surface area contributed by atoms with Crippen LogP contribution in [0.25, 0.3) is 0 Å². The van der Waals surface area contributed by atoms with Gasteiger partial charge in [0, 0.05) is 37.8 Å². The number of anilines is 3. The summed E-state index contributed by atoms with van der Waals surface area (Å²) >= 11 is 0. The van der Waals surface area contributed by atoms with Gasteiger partial charge in [0.05, 0.1) is 30.0 Å². The van der Waals surface area contributed by atoms with Crippen molar-refractivity contribution in [1.82, 2.24) is 4.98 Å². The van der Waals surface area contributed by atoms with Gasteiger partial charge >= 0.3 is 0 Å². The molecule has 2 aromatic rings. The van der Waals surface area contributed by atoms with Gasteiger partial charge in [-0.3, -0.25) is 14.9 Å². The second-order valence-electron chi connectivity index (χ2n) is 7.11. The van der Waals surface area contributed by atoms with Gasteiger partial charge in [0.1, 0.15) is 11.5 Å². The summed E-state index contributed by atoms with van der Waals surface area (Å²) in [5.41, 5.74) is 1.32. The quantitative estimate of drug-likeness (QED) is 0.611. The standard InChI is InChI=1S/C20H23N5O4/c26-20(22-16-4-6-19(21-14-16)24-9-11-29-12-10-24)15-3-5-17(18(13-15)25(27)28)23-7-1-2-8-23/h3-6,13-14H,1-2,7-12H2,(H,22,26). The molecule has 1 aromatic carbocycles. The van der Waals surface area contributed by atoms with Crippen LogP contribution in [0.15, 0.2) is 36.5 Å². The molecule has 0 radical (unpaired) electrons. The molecule has 1 N–H and O–H groups in total. The number of benzene rings is 1. The molecular weight excluding hydrogens is 374 g/mol. The van der Waals surface area contributed by atoms with Crippen molar-refractivity contribution in [2.45, 2.75) is 12.8 Å². The lowest BCUT2D eigenvalue weighted by atomic mass is 10.1. The van der Waals surface area contributed by atoms with Gasteiger partial charge < -0.3 is 19.9 Å². The number of carbonyl (C=O) groups is 1. The highest BCUT2D eigenvalue weighted by Crippen LogP contribution is 2.32. The average molecular weight is 397 g/mol. The molecule has 0 bridgehead atoms. The number of morpholine rings is 1. The molecule has 1 amide bonds. The van der Waals surface area contributed by atoms with Crippen LogP contribution in [0.4, 0.5) is 22.9 Å². The van der Waals surface area contributed by atoms with E-state index < -0.39 is 10.8 Å². The summed E-state index contributed by atoms with van der Waals surface area (Å²) in [4.78, 5) is 32.2. The topological polar surface area (TPSA) is 101 Å². The van der Waals surface area contributed by atoms with E-state index in [-0.39, 0.29) is 11.3 Å². The number of carbonyl (C=O) groups excluding carboxylic acids is 1. The predicted octanol–water partition coefficient (Wildman–Crippen LogP) is 2.68. The maximum Gasteiger partial charge on any atom is 0.293 e. The van der Waals surface area contributed by atoms with Gasteiger partial charge in [-0.05, 0) is 37.1 Å². The molecule has 2 saturated heterocycles. The number of pyridine rings is 1. The summed E-state index contributed by atoms with van der Waals surface area (Å²) in [6, 6.07) is 8.27. The first-order chi connectivity index (χ1) is 14.1. The number of ether oxygens (including phenoxy) is 1. The first-order valence-corrected chi connectivity index (χ1v) is 9.75. The van der Waals surface area contributed by atoms with Crippen LogP contribution in [-0.4, -0.2) is 55.2 Å². The lowest BCUT2D eigenvalue weighted by Crippen LogP contribution is -2.36. The van der Waals surface area contributed by atoms with E-state index in [9.17, 15) is 14.9 Å². The molecule has 2 fully saturated rings. The molecule has 152 valence electrons. The molecule has 0 saturated carbocycles. The van der Waals surface area contributed by atoms with Crippen molar-refractivity contribution in [3.63, 3.8) is 0 Å². The smallest absolute Gasteiger partial charge is 0.293 e. The van der Waals surface area contributed by atoms with Gasteiger partial charge in [0.2, 0.25) is 0 Å². The Morgan fingerprint density at radius 2 is 1.83 bits per heavy atom. The van der Waals surface area contributed by atoms with Gasteiger partial charge in [-0.25, -0.2) is 4.98 Å². The molecule has 2 aliphatic rings. The van der Waals surface area contributed by atoms with Crippen molar-refractivity contribution in [2.24, 2.45) is 0 Å². The van der Waals surface area contributed by atoms with Crippen LogP contribution < -0.4 is 15.1 Å². The van der Waals surface area contributed by atoms with Crippen molar-refractivity contribution in [3.8, 4) is 0 Å². The van der Waals surface area contributed by atoms with Crippen molar-refractivity contribution >= 4 is 28.8 Å². The van der Waals surface area contributed by atoms with Gasteiger partial charge in [-0.15, -0.1) is 0 Å². The van der Waals surface area contributed by atoms with Crippen LogP contribution in [0, 0.1) is 10.1 Å². The first-order valence-electron chi connectivity index (χ1n) is 9.75. The number of nitro benzene ring substituents is 1. The van der Waals surface area contributed by atoms with E-state index in [0.717, 1.165) is 44.8 Å². The molecule has 0 spiro atoms. The van der Waals surface area contributed by atoms with Crippen molar-refractivity contribution in [2.75, 3.05) is 54.5 Å². The predicted molar refractivity (Wildman–Crippen MR) is 110 cm³/mol. The summed E-state index contributed by atoms with van der Waals surface area (Å²) in [6.07, 6.45) is 3.63. The maximum atomic E-state index is 12.6. The highest BCUT2D eigenvalue weighted by Gasteiger charge is 2.24. The molecule has 4 rings (SSSR count). The molecule has 0 atom stereocenters. The molecular formula is C20H23N5O4. The number of aromatic nitrogens is 1. The minimum absolute atomic E-state index is 0.0414. The number of rotatable bonds is 5. The van der Waals surface area contributed by atoms with Crippen LogP contribution >= 0.6 is 0 Å². The third-order valence-corrected chi connectivity index (χ3v) is 5.22. The molecule has 9 nitrogen and oxygen atoms in total. The number of nitrogens with one attached hydrogen (secondary N) is 1. The molecule has 0 unspecified atom stereocenters. The molecule has 2 aliphatic heterocycles. The Hall–Kier alpha value is -3.20. The second-order valence-corrected chi connectivity index (χ2v) is 7.11. The average Bonchev–Trinajstić information content (AvgIpc) is 3.29. The highest BCUT2D eigenvalue weighted by atomic mass is 16.6. The van der Waals surface area contributed by atoms with Gasteiger partial charge in [0.15, 0.2) is 0 Å². The van der Waals surface area contributed by atoms with E-state index in [1.54, 1.807) is 24.4 Å². The SMILES string of the molecule is O=C(Nc1ccc(N2CCOCC2)nc1)c1ccc(N2CCCC2)c([N+](=O)[O-])c1. The Morgan fingerprint density at radius 3 is 2.48 bits per heavy atom. The normalized spacial score (nSPS) is 16.7. The molecule has 3 heterocycles. The fourth-order valence-electron chi connectivity index (χ4n) is 3.68. The Morgan fingerprint density at radius 1 is 1.07 bits per heavy atom. The van der Waals surface area contributed by atoms with Crippen LogP contribution in [0.2, 0.25) is 0 Å². The zero-order valence-electron chi connectivity index (χ0n) is 16.0. The molecule has 1 aromatic heterocycles. The largest absolute Gasteiger partial charge is 0.378 e. The second kappa shape index (κ2) is 8.44. The van der Waals surface area contributed by atoms with E-state index in [2.05, 4.69) is 15.2 Å². The number of nitro groups is 1. The summed E-state index contributed by atoms with van der Waals surface area (Å²) in [5.74, 6) is 0.430. The fourth-order valence-corrected chi connectivity index (χ4v) is 3.68. The number of hydrogen-bond acceptors (Lipinski definition) is 7. The summed E-state index contributed by atoms with van der Waals surface area (Å²) in [5, 5.41) is 14.3. The van der Waals surface area contributed by atoms with Gasteiger partial charge in [0.25, 0.3) is 11.6 Å². The lowest BCUT2D eigenvalue weighted by molar-refractivity contribution is -0.384. The van der Waals surface area contributed by atoms with E-state index in [1.165, 1.54) is 6.07 Å². The Bertz CT molecular complexity index is 890. The summed E-state index contributed by atoms with van der Waals surface area (Å²) in [6.45, 7) is 4.51. The molecule has 0 aliphatic carbocycles. The number of nitrogens with zero attached hydrogens (tertiary/aromatic N) is 4. The van der Waals surface area contributed by atoms with Crippen molar-refractivity contribution in [3.05, 3.63) is 52.2 Å². The van der Waals surface area contributed by atoms with Crippen LogP contribution in [-0.2, 0) is 4.74 Å². The van der Waals surface area contributed by atoms with Crippen LogP contribution in [0.3, 0.4) is 0 Å². The fraction of sp³-hybridized carbons (Fsp3) is 0.400. The minimum atomic E-state index is -0.427. The highest BCUT2D eigenvalue weighted by molar-refractivity contribution is 6.05. The number of hydrogen-bond donors (Lipinski definition) is 1. The van der Waals surface area contributed by atoms with E-state index in [1.807, 2.05) is 11.0 Å². The monoisotopic (exact) mass is 397 g/mol. The third kappa shape index (κ3) is 4.29. The number of amides is 1. The Balaban J connectivity index is 1.47. The van der Waals surface area contributed by atoms with Crippen molar-refractivity contribution < 1.29 is 14.5 Å². The summed E-state index contributed by atoms with van der Waals surface area (Å²) < 4.78 is 5.34. The molecule has 9 heteroatoms. The maximum absolute atomic E-state index is 12.6. The van der Waals surface area contributed by atoms with Crippen LogP contribution in [0.5, 0.6) is 0 Å². The van der Waals surface area contributed by atoms with Crippen LogP contribution in [0.1, 0.15) is 23.2 Å². The third-order valence-electron chi connectivity index (χ3n) is 5.22. The van der Waals surface area contributed by atoms with E-state index in [4.69, 9.17) is 4.74 Å². The minimum Gasteiger partial charge on any atom is -0.378 e. The lowest BCUT2D eigenvalue weighted by Gasteiger charge is -2.27. The summed E-state index contributed by atoms with van der Waals surface area (Å²) in [7, 11) is 0. The Labute approximate surface area is 168 Å².